The molecular weight excluding hydrogens is 216 g/mol. The molecule has 3 atom stereocenters. The third-order valence-electron chi connectivity index (χ3n) is 3.72. The van der Waals surface area contributed by atoms with Gasteiger partial charge in [0.05, 0.1) is 11.8 Å². The van der Waals surface area contributed by atoms with Gasteiger partial charge in [-0.15, -0.1) is 0 Å². The first kappa shape index (κ1) is 12.6. The Morgan fingerprint density at radius 3 is 3.00 bits per heavy atom. The van der Waals surface area contributed by atoms with Crippen molar-refractivity contribution in [1.29, 1.82) is 0 Å². The van der Waals surface area contributed by atoms with Crippen molar-refractivity contribution < 1.29 is 9.84 Å². The minimum absolute atomic E-state index is 0.288. The molecule has 1 aliphatic heterocycles. The van der Waals surface area contributed by atoms with Crippen LogP contribution in [0.4, 0.5) is 0 Å². The number of hydrogen-bond acceptors (Lipinski definition) is 3. The van der Waals surface area contributed by atoms with Crippen molar-refractivity contribution >= 4 is 0 Å². The Hall–Kier alpha value is -0.870. The van der Waals surface area contributed by atoms with Crippen LogP contribution in [0.3, 0.4) is 0 Å². The molecule has 17 heavy (non-hydrogen) atoms. The normalized spacial score (nSPS) is 27.1. The molecular formula is C13H22N2O2. The summed E-state index contributed by atoms with van der Waals surface area (Å²) in [5.41, 5.74) is 2.11. The van der Waals surface area contributed by atoms with Gasteiger partial charge in [0.2, 0.25) is 0 Å². The zero-order valence-electron chi connectivity index (χ0n) is 10.9. The maximum atomic E-state index is 10.3. The van der Waals surface area contributed by atoms with Gasteiger partial charge in [-0.2, -0.15) is 5.10 Å². The molecule has 0 spiro atoms. The molecule has 0 aliphatic carbocycles. The lowest BCUT2D eigenvalue weighted by Crippen LogP contribution is -2.35. The van der Waals surface area contributed by atoms with Crippen LogP contribution in [0.15, 0.2) is 6.07 Å². The SMILES string of the molecule is Cc1cc(CC(O)C2CCOCC2C)n(C)n1. The summed E-state index contributed by atoms with van der Waals surface area (Å²) < 4.78 is 7.28. The Balaban J connectivity index is 2.00. The van der Waals surface area contributed by atoms with Gasteiger partial charge < -0.3 is 9.84 Å². The highest BCUT2D eigenvalue weighted by molar-refractivity contribution is 5.10. The number of nitrogens with zero attached hydrogens (tertiary/aromatic N) is 2. The molecule has 0 bridgehead atoms. The summed E-state index contributed by atoms with van der Waals surface area (Å²) in [5.74, 6) is 0.784. The van der Waals surface area contributed by atoms with Crippen LogP contribution in [-0.2, 0) is 18.2 Å². The van der Waals surface area contributed by atoms with Crippen LogP contribution >= 0.6 is 0 Å². The van der Waals surface area contributed by atoms with Crippen LogP contribution in [-0.4, -0.2) is 34.2 Å². The van der Waals surface area contributed by atoms with Gasteiger partial charge in [-0.1, -0.05) is 6.92 Å². The summed E-state index contributed by atoms with van der Waals surface area (Å²) >= 11 is 0. The maximum absolute atomic E-state index is 10.3. The molecule has 1 N–H and O–H groups in total. The molecule has 2 rings (SSSR count). The fourth-order valence-electron chi connectivity index (χ4n) is 2.69. The van der Waals surface area contributed by atoms with Gasteiger partial charge in [0.25, 0.3) is 0 Å². The molecule has 1 saturated heterocycles. The molecule has 1 aliphatic rings. The first-order chi connectivity index (χ1) is 8.08. The molecule has 4 nitrogen and oxygen atoms in total. The number of ether oxygens (including phenoxy) is 1. The van der Waals surface area contributed by atoms with E-state index in [1.54, 1.807) is 0 Å². The van der Waals surface area contributed by atoms with E-state index >= 15 is 0 Å². The molecule has 1 aromatic heterocycles. The average molecular weight is 238 g/mol. The van der Waals surface area contributed by atoms with E-state index in [0.717, 1.165) is 31.0 Å². The maximum Gasteiger partial charge on any atom is 0.0627 e. The van der Waals surface area contributed by atoms with E-state index in [9.17, 15) is 5.11 Å². The van der Waals surface area contributed by atoms with Crippen LogP contribution in [0.25, 0.3) is 0 Å². The first-order valence-corrected chi connectivity index (χ1v) is 6.33. The second-order valence-corrected chi connectivity index (χ2v) is 5.18. The smallest absolute Gasteiger partial charge is 0.0627 e. The number of aryl methyl sites for hydroxylation is 2. The van der Waals surface area contributed by atoms with E-state index in [1.807, 2.05) is 24.7 Å². The summed E-state index contributed by atoms with van der Waals surface area (Å²) in [4.78, 5) is 0. The number of aromatic nitrogens is 2. The fraction of sp³-hybridized carbons (Fsp3) is 0.769. The summed E-state index contributed by atoms with van der Waals surface area (Å²) in [5, 5.41) is 14.6. The monoisotopic (exact) mass is 238 g/mol. The molecule has 96 valence electrons. The second-order valence-electron chi connectivity index (χ2n) is 5.18. The van der Waals surface area contributed by atoms with Gasteiger partial charge in [-0.3, -0.25) is 4.68 Å². The standard InChI is InChI=1S/C13H22N2O2/c1-9-8-17-5-4-12(9)13(16)7-11-6-10(2)14-15(11)3/h6,9,12-13,16H,4-5,7-8H2,1-3H3. The number of rotatable bonds is 3. The lowest BCUT2D eigenvalue weighted by Gasteiger charge is -2.32. The van der Waals surface area contributed by atoms with Crippen LogP contribution in [0.5, 0.6) is 0 Å². The summed E-state index contributed by atoms with van der Waals surface area (Å²) in [6.45, 7) is 5.68. The van der Waals surface area contributed by atoms with Crippen LogP contribution in [0, 0.1) is 18.8 Å². The lowest BCUT2D eigenvalue weighted by molar-refractivity contribution is -0.0299. The summed E-state index contributed by atoms with van der Waals surface area (Å²) in [6, 6.07) is 2.05. The van der Waals surface area contributed by atoms with E-state index in [4.69, 9.17) is 4.74 Å². The second kappa shape index (κ2) is 5.19. The van der Waals surface area contributed by atoms with Gasteiger partial charge in [-0.05, 0) is 31.2 Å². The molecule has 0 aromatic carbocycles. The first-order valence-electron chi connectivity index (χ1n) is 6.33. The molecule has 3 unspecified atom stereocenters. The van der Waals surface area contributed by atoms with Crippen molar-refractivity contribution in [2.75, 3.05) is 13.2 Å². The Labute approximate surface area is 103 Å². The summed E-state index contributed by atoms with van der Waals surface area (Å²) in [6.07, 6.45) is 1.36. The highest BCUT2D eigenvalue weighted by Gasteiger charge is 2.29. The molecule has 0 saturated carbocycles. The highest BCUT2D eigenvalue weighted by atomic mass is 16.5. The van der Waals surface area contributed by atoms with Crippen molar-refractivity contribution in [3.63, 3.8) is 0 Å². The molecule has 1 fully saturated rings. The van der Waals surface area contributed by atoms with E-state index in [1.165, 1.54) is 0 Å². The van der Waals surface area contributed by atoms with Crippen molar-refractivity contribution in [2.45, 2.75) is 32.8 Å². The third kappa shape index (κ3) is 2.87. The van der Waals surface area contributed by atoms with Crippen LogP contribution in [0.1, 0.15) is 24.7 Å². The topological polar surface area (TPSA) is 47.3 Å². The minimum atomic E-state index is -0.288. The average Bonchev–Trinajstić information content (AvgIpc) is 2.58. The molecule has 2 heterocycles. The number of aliphatic hydroxyl groups is 1. The fourth-order valence-corrected chi connectivity index (χ4v) is 2.69. The van der Waals surface area contributed by atoms with E-state index in [2.05, 4.69) is 12.0 Å². The Kier molecular flexibility index (Phi) is 3.84. The molecule has 0 radical (unpaired) electrons. The van der Waals surface area contributed by atoms with E-state index in [0.29, 0.717) is 18.3 Å². The Bertz CT molecular complexity index is 375. The number of aliphatic hydroxyl groups excluding tert-OH is 1. The molecule has 1 aromatic rings. The lowest BCUT2D eigenvalue weighted by atomic mass is 9.83. The largest absolute Gasteiger partial charge is 0.392 e. The molecule has 0 amide bonds. The molecule has 4 heteroatoms. The Morgan fingerprint density at radius 1 is 1.65 bits per heavy atom. The van der Waals surface area contributed by atoms with Crippen molar-refractivity contribution in [2.24, 2.45) is 18.9 Å². The van der Waals surface area contributed by atoms with Gasteiger partial charge in [-0.25, -0.2) is 0 Å². The van der Waals surface area contributed by atoms with Crippen molar-refractivity contribution in [3.8, 4) is 0 Å². The third-order valence-corrected chi connectivity index (χ3v) is 3.72. The van der Waals surface area contributed by atoms with Crippen molar-refractivity contribution in [1.82, 2.24) is 9.78 Å². The van der Waals surface area contributed by atoms with Gasteiger partial charge in [0.1, 0.15) is 0 Å². The minimum Gasteiger partial charge on any atom is -0.392 e. The zero-order valence-corrected chi connectivity index (χ0v) is 10.9. The van der Waals surface area contributed by atoms with Gasteiger partial charge in [0.15, 0.2) is 0 Å². The Morgan fingerprint density at radius 2 is 2.41 bits per heavy atom. The van der Waals surface area contributed by atoms with Gasteiger partial charge >= 0.3 is 0 Å². The quantitative estimate of drug-likeness (QED) is 0.863. The van der Waals surface area contributed by atoms with Crippen LogP contribution in [0.2, 0.25) is 0 Å². The van der Waals surface area contributed by atoms with E-state index < -0.39 is 0 Å². The predicted molar refractivity (Wildman–Crippen MR) is 65.7 cm³/mol. The zero-order chi connectivity index (χ0) is 12.4. The predicted octanol–water partition coefficient (Wildman–Crippen LogP) is 1.30. The van der Waals surface area contributed by atoms with Crippen LogP contribution < -0.4 is 0 Å². The van der Waals surface area contributed by atoms with Crippen molar-refractivity contribution in [3.05, 3.63) is 17.5 Å². The van der Waals surface area contributed by atoms with E-state index in [-0.39, 0.29) is 6.10 Å². The summed E-state index contributed by atoms with van der Waals surface area (Å²) in [7, 11) is 1.93. The highest BCUT2D eigenvalue weighted by Crippen LogP contribution is 2.26. The number of hydrogen-bond donors (Lipinski definition) is 1. The van der Waals surface area contributed by atoms with Gasteiger partial charge in [0, 0.05) is 32.4 Å².